The van der Waals surface area contributed by atoms with E-state index in [4.69, 9.17) is 5.11 Å². The van der Waals surface area contributed by atoms with E-state index in [0.717, 1.165) is 6.54 Å². The molecule has 0 bridgehead atoms. The summed E-state index contributed by atoms with van der Waals surface area (Å²) in [6.07, 6.45) is 0. The zero-order chi connectivity index (χ0) is 8.81. The first-order chi connectivity index (χ1) is 5.83. The van der Waals surface area contributed by atoms with Crippen LogP contribution < -0.4 is 0 Å². The molecule has 66 valence electrons. The van der Waals surface area contributed by atoms with Crippen LogP contribution in [0.2, 0.25) is 0 Å². The van der Waals surface area contributed by atoms with Crippen LogP contribution >= 0.6 is 12.8 Å². The fraction of sp³-hybridized carbons (Fsp3) is 0.333. The quantitative estimate of drug-likeness (QED) is 0.688. The summed E-state index contributed by atoms with van der Waals surface area (Å²) >= 11 is 4.19. The van der Waals surface area contributed by atoms with Crippen LogP contribution in [-0.4, -0.2) is 22.6 Å². The van der Waals surface area contributed by atoms with Crippen LogP contribution in [0.4, 0.5) is 0 Å². The van der Waals surface area contributed by atoms with E-state index in [-0.39, 0.29) is 6.61 Å². The maximum absolute atomic E-state index is 8.62. The number of benzene rings is 1. The molecule has 1 aromatic carbocycles. The van der Waals surface area contributed by atoms with Gasteiger partial charge in [0.15, 0.2) is 0 Å². The number of aliphatic hydroxyl groups excluding tert-OH is 1. The molecule has 0 aliphatic carbocycles. The Labute approximate surface area is 78.4 Å². The second-order valence-electron chi connectivity index (χ2n) is 2.60. The van der Waals surface area contributed by atoms with E-state index in [1.807, 2.05) is 30.3 Å². The zero-order valence-corrected chi connectivity index (χ0v) is 7.74. The molecule has 0 aliphatic heterocycles. The van der Waals surface area contributed by atoms with Gasteiger partial charge in [0, 0.05) is 13.1 Å². The molecule has 1 N–H and O–H groups in total. The fourth-order valence-corrected chi connectivity index (χ4v) is 1.24. The van der Waals surface area contributed by atoms with Crippen LogP contribution in [0.3, 0.4) is 0 Å². The number of rotatable bonds is 4. The van der Waals surface area contributed by atoms with Crippen molar-refractivity contribution in [1.82, 2.24) is 4.31 Å². The standard InChI is InChI=1S/C9H13NOS/c11-7-6-10(12)8-9-4-2-1-3-5-9/h1-5,11-12H,6-8H2. The fourth-order valence-electron chi connectivity index (χ4n) is 0.989. The monoisotopic (exact) mass is 183 g/mol. The number of hydrogen-bond donors (Lipinski definition) is 2. The minimum atomic E-state index is 0.149. The lowest BCUT2D eigenvalue weighted by molar-refractivity contribution is 0.261. The average Bonchev–Trinajstić information content (AvgIpc) is 2.06. The average molecular weight is 183 g/mol. The minimum absolute atomic E-state index is 0.149. The summed E-state index contributed by atoms with van der Waals surface area (Å²) in [5.41, 5.74) is 1.21. The molecule has 0 unspecified atom stereocenters. The molecule has 1 aromatic rings. The van der Waals surface area contributed by atoms with Crippen molar-refractivity contribution in [2.75, 3.05) is 13.2 Å². The first-order valence-corrected chi connectivity index (χ1v) is 4.31. The summed E-state index contributed by atoms with van der Waals surface area (Å²) in [5.74, 6) is 0. The van der Waals surface area contributed by atoms with Gasteiger partial charge < -0.3 is 5.11 Å². The molecule has 3 heteroatoms. The minimum Gasteiger partial charge on any atom is -0.395 e. The largest absolute Gasteiger partial charge is 0.395 e. The summed E-state index contributed by atoms with van der Waals surface area (Å²) in [5, 5.41) is 8.62. The lowest BCUT2D eigenvalue weighted by atomic mass is 10.2. The Morgan fingerprint density at radius 3 is 2.50 bits per heavy atom. The van der Waals surface area contributed by atoms with Crippen LogP contribution in [0.15, 0.2) is 30.3 Å². The molecule has 12 heavy (non-hydrogen) atoms. The summed E-state index contributed by atoms with van der Waals surface area (Å²) in [7, 11) is 0. The van der Waals surface area contributed by atoms with Gasteiger partial charge >= 0.3 is 0 Å². The van der Waals surface area contributed by atoms with E-state index in [1.165, 1.54) is 5.56 Å². The normalized spacial score (nSPS) is 10.6. The van der Waals surface area contributed by atoms with Crippen LogP contribution in [0.25, 0.3) is 0 Å². The molecule has 0 aliphatic rings. The predicted molar refractivity (Wildman–Crippen MR) is 52.9 cm³/mol. The molecule has 2 nitrogen and oxygen atoms in total. The molecule has 0 aromatic heterocycles. The van der Waals surface area contributed by atoms with E-state index in [0.29, 0.717) is 6.54 Å². The maximum atomic E-state index is 8.62. The highest BCUT2D eigenvalue weighted by Crippen LogP contribution is 2.04. The molecule has 0 spiro atoms. The van der Waals surface area contributed by atoms with Gasteiger partial charge in [0.25, 0.3) is 0 Å². The molecule has 0 fully saturated rings. The van der Waals surface area contributed by atoms with Crippen LogP contribution in [-0.2, 0) is 6.54 Å². The molecule has 0 amide bonds. The van der Waals surface area contributed by atoms with Gasteiger partial charge in [0.2, 0.25) is 0 Å². The molecule has 0 atom stereocenters. The van der Waals surface area contributed by atoms with Gasteiger partial charge in [0.05, 0.1) is 6.61 Å². The van der Waals surface area contributed by atoms with E-state index >= 15 is 0 Å². The predicted octanol–water partition coefficient (Wildman–Crippen LogP) is 1.33. The number of thiol groups is 1. The summed E-state index contributed by atoms with van der Waals surface area (Å²) in [4.78, 5) is 0. The first-order valence-electron chi connectivity index (χ1n) is 3.91. The van der Waals surface area contributed by atoms with Crippen molar-refractivity contribution in [1.29, 1.82) is 0 Å². The summed E-state index contributed by atoms with van der Waals surface area (Å²) in [6.45, 7) is 1.51. The highest BCUT2D eigenvalue weighted by atomic mass is 32.1. The van der Waals surface area contributed by atoms with Crippen molar-refractivity contribution in [2.45, 2.75) is 6.54 Å². The number of nitrogens with zero attached hydrogens (tertiary/aromatic N) is 1. The SMILES string of the molecule is OCCN(S)Cc1ccccc1. The lowest BCUT2D eigenvalue weighted by Crippen LogP contribution is -2.15. The van der Waals surface area contributed by atoms with Crippen molar-refractivity contribution in [3.8, 4) is 0 Å². The first kappa shape index (κ1) is 9.58. The van der Waals surface area contributed by atoms with E-state index < -0.39 is 0 Å². The van der Waals surface area contributed by atoms with Crippen LogP contribution in [0.5, 0.6) is 0 Å². The van der Waals surface area contributed by atoms with Crippen molar-refractivity contribution in [3.05, 3.63) is 35.9 Å². The highest BCUT2D eigenvalue weighted by molar-refractivity contribution is 7.77. The third kappa shape index (κ3) is 3.26. The number of hydrogen-bond acceptors (Lipinski definition) is 3. The molecule has 0 radical (unpaired) electrons. The van der Waals surface area contributed by atoms with Gasteiger partial charge in [-0.2, -0.15) is 0 Å². The van der Waals surface area contributed by atoms with Gasteiger partial charge in [-0.05, 0) is 5.56 Å². The van der Waals surface area contributed by atoms with E-state index in [9.17, 15) is 0 Å². The Bertz CT molecular complexity index is 215. The Kier molecular flexibility index (Phi) is 4.14. The Morgan fingerprint density at radius 1 is 1.25 bits per heavy atom. The molecular weight excluding hydrogens is 170 g/mol. The highest BCUT2D eigenvalue weighted by Gasteiger charge is 1.98. The molecular formula is C9H13NOS. The zero-order valence-electron chi connectivity index (χ0n) is 6.85. The molecule has 1 rings (SSSR count). The van der Waals surface area contributed by atoms with Crippen LogP contribution in [0.1, 0.15) is 5.56 Å². The van der Waals surface area contributed by atoms with Gasteiger partial charge in [0.1, 0.15) is 0 Å². The van der Waals surface area contributed by atoms with Crippen molar-refractivity contribution in [2.24, 2.45) is 0 Å². The van der Waals surface area contributed by atoms with E-state index in [2.05, 4.69) is 12.8 Å². The smallest absolute Gasteiger partial charge is 0.0567 e. The molecule has 0 saturated carbocycles. The summed E-state index contributed by atoms with van der Waals surface area (Å²) in [6, 6.07) is 10.1. The Balaban J connectivity index is 2.41. The second-order valence-corrected chi connectivity index (χ2v) is 3.16. The second kappa shape index (κ2) is 5.19. The van der Waals surface area contributed by atoms with E-state index in [1.54, 1.807) is 4.31 Å². The maximum Gasteiger partial charge on any atom is 0.0567 e. The lowest BCUT2D eigenvalue weighted by Gasteiger charge is -2.12. The molecule has 0 saturated heterocycles. The van der Waals surface area contributed by atoms with Crippen LogP contribution in [0, 0.1) is 0 Å². The Hall–Kier alpha value is -0.510. The van der Waals surface area contributed by atoms with Gasteiger partial charge in [-0.3, -0.25) is 0 Å². The van der Waals surface area contributed by atoms with Gasteiger partial charge in [-0.1, -0.05) is 43.1 Å². The third-order valence-corrected chi connectivity index (χ3v) is 1.91. The topological polar surface area (TPSA) is 23.5 Å². The van der Waals surface area contributed by atoms with Gasteiger partial charge in [-0.15, -0.1) is 0 Å². The van der Waals surface area contributed by atoms with Gasteiger partial charge in [-0.25, -0.2) is 4.31 Å². The Morgan fingerprint density at radius 2 is 1.92 bits per heavy atom. The third-order valence-electron chi connectivity index (χ3n) is 1.57. The van der Waals surface area contributed by atoms with Crippen molar-refractivity contribution in [3.63, 3.8) is 0 Å². The van der Waals surface area contributed by atoms with Crippen molar-refractivity contribution < 1.29 is 5.11 Å². The number of aliphatic hydroxyl groups is 1. The van der Waals surface area contributed by atoms with Crippen molar-refractivity contribution >= 4 is 12.8 Å². The molecule has 0 heterocycles. The summed E-state index contributed by atoms with van der Waals surface area (Å²) < 4.78 is 1.79.